The molecule has 0 aliphatic carbocycles. The van der Waals surface area contributed by atoms with Crippen LogP contribution in [0.1, 0.15) is 16.7 Å². The topological polar surface area (TPSA) is 85.0 Å². The van der Waals surface area contributed by atoms with E-state index in [2.05, 4.69) is 25.3 Å². The minimum absolute atomic E-state index is 0.0719. The van der Waals surface area contributed by atoms with Crippen LogP contribution in [0.25, 0.3) is 11.0 Å². The Labute approximate surface area is 171 Å². The Morgan fingerprint density at radius 1 is 1.03 bits per heavy atom. The number of methoxy groups -OCH3 is 2. The van der Waals surface area contributed by atoms with Crippen LogP contribution >= 0.6 is 0 Å². The summed E-state index contributed by atoms with van der Waals surface area (Å²) in [5, 5.41) is 3.83. The maximum atomic E-state index is 14.6. The van der Waals surface area contributed by atoms with Gasteiger partial charge in [0.1, 0.15) is 17.2 Å². The molecule has 0 saturated carbocycles. The molecule has 0 amide bonds. The van der Waals surface area contributed by atoms with E-state index in [-0.39, 0.29) is 12.4 Å². The molecule has 0 bridgehead atoms. The number of fused-ring (bicyclic) bond motifs is 1. The molecule has 0 aliphatic rings. The highest BCUT2D eigenvalue weighted by molar-refractivity contribution is 5.81. The molecular weight excluding hydrogens is 392 g/mol. The number of halogens is 2. The number of rotatable bonds is 7. The van der Waals surface area contributed by atoms with Crippen LogP contribution in [0.15, 0.2) is 42.9 Å². The largest absolute Gasteiger partial charge is 0.495 e. The molecule has 4 heterocycles. The fraction of sp³-hybridized carbons (Fsp3) is 0.190. The maximum absolute atomic E-state index is 14.6. The molecule has 0 saturated heterocycles. The second-order valence-corrected chi connectivity index (χ2v) is 6.60. The number of nitrogens with zero attached hydrogens (tertiary/aromatic N) is 3. The van der Waals surface area contributed by atoms with Crippen LogP contribution in [-0.4, -0.2) is 34.2 Å². The molecule has 7 nitrogen and oxygen atoms in total. The molecule has 4 aromatic heterocycles. The second-order valence-electron chi connectivity index (χ2n) is 6.60. The van der Waals surface area contributed by atoms with Gasteiger partial charge in [-0.1, -0.05) is 6.07 Å². The quantitative estimate of drug-likeness (QED) is 0.450. The highest BCUT2D eigenvalue weighted by Crippen LogP contribution is 2.24. The van der Waals surface area contributed by atoms with Gasteiger partial charge in [0.2, 0.25) is 11.8 Å². The number of nitrogens with one attached hydrogen (secondary N) is 2. The van der Waals surface area contributed by atoms with Crippen molar-refractivity contribution in [2.75, 3.05) is 19.5 Å². The van der Waals surface area contributed by atoms with Crippen molar-refractivity contribution in [3.63, 3.8) is 0 Å². The summed E-state index contributed by atoms with van der Waals surface area (Å²) in [5.74, 6) is -0.238. The summed E-state index contributed by atoms with van der Waals surface area (Å²) in [5.41, 5.74) is 2.62. The number of aromatic nitrogens is 4. The molecule has 30 heavy (non-hydrogen) atoms. The molecule has 0 unspecified atom stereocenters. The predicted molar refractivity (Wildman–Crippen MR) is 108 cm³/mol. The van der Waals surface area contributed by atoms with Crippen molar-refractivity contribution in [2.45, 2.75) is 13.0 Å². The van der Waals surface area contributed by atoms with Gasteiger partial charge in [0.25, 0.3) is 0 Å². The normalized spacial score (nSPS) is 10.9. The molecule has 9 heteroatoms. The molecule has 0 radical (unpaired) electrons. The van der Waals surface area contributed by atoms with Gasteiger partial charge >= 0.3 is 0 Å². The van der Waals surface area contributed by atoms with Crippen LogP contribution in [0.4, 0.5) is 14.6 Å². The average Bonchev–Trinajstić information content (AvgIpc) is 3.16. The highest BCUT2D eigenvalue weighted by Gasteiger charge is 2.12. The van der Waals surface area contributed by atoms with E-state index in [0.717, 1.165) is 10.9 Å². The Morgan fingerprint density at radius 3 is 2.63 bits per heavy atom. The van der Waals surface area contributed by atoms with Crippen LogP contribution in [0.3, 0.4) is 0 Å². The standard InChI is InChI=1S/C21H19F2N5O2/c1-29-15-7-16-14(10-25-20(16)26-11-15)6-13-3-4-18(28-19(13)23)24-8-12-5-17(22)21(30-2)27-9-12/h3-5,7,9-11H,6,8H2,1-2H3,(H,24,28)(H,25,26). The van der Waals surface area contributed by atoms with E-state index in [4.69, 9.17) is 9.47 Å². The summed E-state index contributed by atoms with van der Waals surface area (Å²) >= 11 is 0. The molecule has 0 fully saturated rings. The van der Waals surface area contributed by atoms with Crippen LogP contribution in [0.2, 0.25) is 0 Å². The third-order valence-corrected chi connectivity index (χ3v) is 4.67. The molecule has 0 spiro atoms. The molecule has 0 aromatic carbocycles. The van der Waals surface area contributed by atoms with Gasteiger partial charge in [0, 0.05) is 36.3 Å². The average molecular weight is 411 g/mol. The Balaban J connectivity index is 1.48. The van der Waals surface area contributed by atoms with E-state index in [1.807, 2.05) is 6.07 Å². The van der Waals surface area contributed by atoms with Gasteiger partial charge in [-0.2, -0.15) is 4.39 Å². The minimum Gasteiger partial charge on any atom is -0.495 e. The van der Waals surface area contributed by atoms with Gasteiger partial charge in [0.05, 0.1) is 20.4 Å². The Bertz CT molecular complexity index is 1200. The van der Waals surface area contributed by atoms with Crippen LogP contribution in [-0.2, 0) is 13.0 Å². The zero-order valence-corrected chi connectivity index (χ0v) is 16.4. The minimum atomic E-state index is -0.579. The number of anilines is 1. The molecule has 154 valence electrons. The van der Waals surface area contributed by atoms with Crippen LogP contribution < -0.4 is 14.8 Å². The van der Waals surface area contributed by atoms with Crippen molar-refractivity contribution < 1.29 is 18.3 Å². The fourth-order valence-electron chi connectivity index (χ4n) is 3.10. The molecule has 4 aromatic rings. The lowest BCUT2D eigenvalue weighted by Crippen LogP contribution is -2.05. The van der Waals surface area contributed by atoms with Gasteiger partial charge in [-0.25, -0.2) is 19.3 Å². The predicted octanol–water partition coefficient (Wildman–Crippen LogP) is 3.85. The number of aromatic amines is 1. The van der Waals surface area contributed by atoms with Gasteiger partial charge in [-0.3, -0.25) is 0 Å². The van der Waals surface area contributed by atoms with Gasteiger partial charge in [-0.15, -0.1) is 0 Å². The second kappa shape index (κ2) is 8.32. The summed E-state index contributed by atoms with van der Waals surface area (Å²) in [4.78, 5) is 15.2. The van der Waals surface area contributed by atoms with Crippen molar-refractivity contribution in [2.24, 2.45) is 0 Å². The molecular formula is C21H19F2N5O2. The number of H-pyrrole nitrogens is 1. The SMILES string of the molecule is COc1cnc2[nH]cc(Cc3ccc(NCc4cnc(OC)c(F)c4)nc3F)c2c1. The van der Waals surface area contributed by atoms with E-state index < -0.39 is 11.8 Å². The third-order valence-electron chi connectivity index (χ3n) is 4.67. The smallest absolute Gasteiger partial charge is 0.250 e. The first-order valence-electron chi connectivity index (χ1n) is 9.15. The first kappa shape index (κ1) is 19.6. The molecule has 4 rings (SSSR count). The van der Waals surface area contributed by atoms with E-state index in [1.165, 1.54) is 19.4 Å². The van der Waals surface area contributed by atoms with Gasteiger partial charge in [0.15, 0.2) is 5.82 Å². The summed E-state index contributed by atoms with van der Waals surface area (Å²) in [6.45, 7) is 0.244. The zero-order valence-electron chi connectivity index (χ0n) is 16.4. The molecule has 0 aliphatic heterocycles. The lowest BCUT2D eigenvalue weighted by atomic mass is 10.1. The zero-order chi connectivity index (χ0) is 21.1. The summed E-state index contributed by atoms with van der Waals surface area (Å²) in [7, 11) is 2.92. The van der Waals surface area contributed by atoms with Crippen molar-refractivity contribution in [1.82, 2.24) is 19.9 Å². The van der Waals surface area contributed by atoms with Gasteiger partial charge < -0.3 is 19.8 Å². The summed E-state index contributed by atoms with van der Waals surface area (Å²) in [6, 6.07) is 6.52. The van der Waals surface area contributed by atoms with E-state index in [0.29, 0.717) is 34.8 Å². The number of hydrogen-bond donors (Lipinski definition) is 2. The van der Waals surface area contributed by atoms with Crippen molar-refractivity contribution in [3.8, 4) is 11.6 Å². The summed E-state index contributed by atoms with van der Waals surface area (Å²) in [6.07, 6.45) is 5.25. The lowest BCUT2D eigenvalue weighted by molar-refractivity contribution is 0.368. The molecule has 2 N–H and O–H groups in total. The van der Waals surface area contributed by atoms with Crippen LogP contribution in [0, 0.1) is 11.8 Å². The van der Waals surface area contributed by atoms with Crippen molar-refractivity contribution >= 4 is 16.9 Å². The van der Waals surface area contributed by atoms with E-state index in [9.17, 15) is 8.78 Å². The van der Waals surface area contributed by atoms with Crippen molar-refractivity contribution in [1.29, 1.82) is 0 Å². The monoisotopic (exact) mass is 411 g/mol. The van der Waals surface area contributed by atoms with Gasteiger partial charge in [-0.05, 0) is 29.3 Å². The summed E-state index contributed by atoms with van der Waals surface area (Å²) < 4.78 is 38.3. The Hall–Kier alpha value is -3.75. The first-order chi connectivity index (χ1) is 14.6. The Morgan fingerprint density at radius 2 is 1.90 bits per heavy atom. The highest BCUT2D eigenvalue weighted by atomic mass is 19.1. The van der Waals surface area contributed by atoms with E-state index in [1.54, 1.807) is 31.6 Å². The first-order valence-corrected chi connectivity index (χ1v) is 9.15. The Kier molecular flexibility index (Phi) is 5.42. The van der Waals surface area contributed by atoms with Crippen molar-refractivity contribution in [3.05, 3.63) is 71.3 Å². The number of hydrogen-bond acceptors (Lipinski definition) is 6. The van der Waals surface area contributed by atoms with Crippen LogP contribution in [0.5, 0.6) is 11.6 Å². The number of ether oxygens (including phenoxy) is 2. The lowest BCUT2D eigenvalue weighted by Gasteiger charge is -2.09. The number of pyridine rings is 3. The fourth-order valence-corrected chi connectivity index (χ4v) is 3.10. The third kappa shape index (κ3) is 4.00. The maximum Gasteiger partial charge on any atom is 0.250 e. The molecule has 0 atom stereocenters. The van der Waals surface area contributed by atoms with E-state index >= 15 is 0 Å².